The first-order chi connectivity index (χ1) is 12.7. The number of nitrogens with zero attached hydrogens (tertiary/aromatic N) is 2. The average Bonchev–Trinajstić information content (AvgIpc) is 2.68. The minimum Gasteiger partial charge on any atom is -0.496 e. The van der Waals surface area contributed by atoms with Crippen LogP contribution in [0.15, 0.2) is 59.7 Å². The Morgan fingerprint density at radius 3 is 2.77 bits per heavy atom. The zero-order valence-corrected chi connectivity index (χ0v) is 14.9. The van der Waals surface area contributed by atoms with Gasteiger partial charge in [-0.1, -0.05) is 43.7 Å². The highest BCUT2D eigenvalue weighted by Crippen LogP contribution is 2.19. The second-order valence-electron chi connectivity index (χ2n) is 5.87. The van der Waals surface area contributed by atoms with Gasteiger partial charge in [0.2, 0.25) is 0 Å². The second kappa shape index (κ2) is 8.25. The zero-order chi connectivity index (χ0) is 18.4. The third kappa shape index (κ3) is 3.88. The van der Waals surface area contributed by atoms with E-state index in [1.54, 1.807) is 13.3 Å². The number of rotatable bonds is 6. The lowest BCUT2D eigenvalue weighted by Crippen LogP contribution is -2.18. The predicted octanol–water partition coefficient (Wildman–Crippen LogP) is 3.96. The van der Waals surface area contributed by atoms with Crippen LogP contribution in [-0.4, -0.2) is 24.2 Å². The lowest BCUT2D eigenvalue weighted by Gasteiger charge is -2.08. The van der Waals surface area contributed by atoms with Crippen molar-refractivity contribution in [2.45, 2.75) is 19.8 Å². The van der Waals surface area contributed by atoms with Crippen LogP contribution in [0, 0.1) is 0 Å². The van der Waals surface area contributed by atoms with Crippen molar-refractivity contribution in [1.82, 2.24) is 10.4 Å². The number of hydrogen-bond donors (Lipinski definition) is 1. The molecule has 0 spiro atoms. The molecule has 0 saturated carbocycles. The molecule has 5 heteroatoms. The Kier molecular flexibility index (Phi) is 5.59. The number of nitrogens with one attached hydrogen (secondary N) is 1. The van der Waals surface area contributed by atoms with E-state index in [0.29, 0.717) is 11.3 Å². The van der Waals surface area contributed by atoms with Gasteiger partial charge in [-0.25, -0.2) is 5.43 Å². The number of hydrogen-bond acceptors (Lipinski definition) is 4. The quantitative estimate of drug-likeness (QED) is 0.542. The Labute approximate surface area is 152 Å². The number of fused-ring (bicyclic) bond motifs is 1. The summed E-state index contributed by atoms with van der Waals surface area (Å²) >= 11 is 0. The molecule has 1 heterocycles. The van der Waals surface area contributed by atoms with E-state index in [4.69, 9.17) is 4.74 Å². The molecule has 0 bridgehead atoms. The van der Waals surface area contributed by atoms with Gasteiger partial charge in [0.15, 0.2) is 0 Å². The zero-order valence-electron chi connectivity index (χ0n) is 14.9. The van der Waals surface area contributed by atoms with Crippen molar-refractivity contribution in [3.05, 3.63) is 71.4 Å². The second-order valence-corrected chi connectivity index (χ2v) is 5.87. The summed E-state index contributed by atoms with van der Waals surface area (Å²) in [7, 11) is 1.60. The molecule has 1 amide bonds. The van der Waals surface area contributed by atoms with Gasteiger partial charge < -0.3 is 4.74 Å². The normalized spacial score (nSPS) is 11.0. The van der Waals surface area contributed by atoms with Crippen molar-refractivity contribution < 1.29 is 9.53 Å². The predicted molar refractivity (Wildman–Crippen MR) is 104 cm³/mol. The Hall–Kier alpha value is -3.21. The van der Waals surface area contributed by atoms with Crippen molar-refractivity contribution in [1.29, 1.82) is 0 Å². The van der Waals surface area contributed by atoms with Crippen LogP contribution in [0.5, 0.6) is 5.75 Å². The summed E-state index contributed by atoms with van der Waals surface area (Å²) in [6, 6.07) is 17.0. The van der Waals surface area contributed by atoms with E-state index in [1.165, 1.54) is 0 Å². The number of amides is 1. The number of aryl methyl sites for hydroxylation is 1. The molecule has 3 rings (SSSR count). The number of para-hydroxylation sites is 2. The standard InChI is InChI=1S/C21H21N3O2/c1-3-8-16-13-18(17-10-5-6-11-19(17)23-16)21(25)24-22-14-15-9-4-7-12-20(15)26-2/h4-7,9-14H,3,8H2,1-2H3,(H,24,25)/b22-14-. The highest BCUT2D eigenvalue weighted by molar-refractivity contribution is 6.06. The number of carbonyl (C=O) groups is 1. The molecule has 5 nitrogen and oxygen atoms in total. The number of benzene rings is 2. The number of carbonyl (C=O) groups excluding carboxylic acids is 1. The van der Waals surface area contributed by atoms with E-state index in [0.717, 1.165) is 35.0 Å². The van der Waals surface area contributed by atoms with Gasteiger partial charge in [-0.3, -0.25) is 9.78 Å². The maximum absolute atomic E-state index is 12.7. The van der Waals surface area contributed by atoms with Crippen LogP contribution in [0.4, 0.5) is 0 Å². The maximum atomic E-state index is 12.7. The SMILES string of the molecule is CCCc1cc(C(=O)N/N=C\c2ccccc2OC)c2ccccc2n1. The summed E-state index contributed by atoms with van der Waals surface area (Å²) in [6.45, 7) is 2.09. The largest absolute Gasteiger partial charge is 0.496 e. The van der Waals surface area contributed by atoms with Gasteiger partial charge >= 0.3 is 0 Å². The molecule has 0 aliphatic rings. The molecule has 0 saturated heterocycles. The van der Waals surface area contributed by atoms with Crippen molar-refractivity contribution in [2.75, 3.05) is 7.11 Å². The van der Waals surface area contributed by atoms with Crippen molar-refractivity contribution in [3.63, 3.8) is 0 Å². The summed E-state index contributed by atoms with van der Waals surface area (Å²) in [5.41, 5.74) is 5.70. The number of methoxy groups -OCH3 is 1. The molecular weight excluding hydrogens is 326 g/mol. The van der Waals surface area contributed by atoms with Crippen LogP contribution < -0.4 is 10.2 Å². The van der Waals surface area contributed by atoms with Crippen LogP contribution in [0.2, 0.25) is 0 Å². The fourth-order valence-corrected chi connectivity index (χ4v) is 2.80. The molecular formula is C21H21N3O2. The summed E-state index contributed by atoms with van der Waals surface area (Å²) < 4.78 is 5.28. The van der Waals surface area contributed by atoms with Crippen molar-refractivity contribution in [2.24, 2.45) is 5.10 Å². The van der Waals surface area contributed by atoms with E-state index in [9.17, 15) is 4.79 Å². The van der Waals surface area contributed by atoms with Gasteiger partial charge in [0, 0.05) is 16.6 Å². The van der Waals surface area contributed by atoms with E-state index in [2.05, 4.69) is 22.4 Å². The van der Waals surface area contributed by atoms with Crippen molar-refractivity contribution >= 4 is 23.0 Å². The van der Waals surface area contributed by atoms with Gasteiger partial charge in [0.05, 0.1) is 24.4 Å². The van der Waals surface area contributed by atoms with E-state index in [-0.39, 0.29) is 5.91 Å². The molecule has 3 aromatic rings. The molecule has 132 valence electrons. The molecule has 0 unspecified atom stereocenters. The first-order valence-corrected chi connectivity index (χ1v) is 8.58. The van der Waals surface area contributed by atoms with Gasteiger partial charge in [0.25, 0.3) is 5.91 Å². The average molecular weight is 347 g/mol. The Balaban J connectivity index is 1.86. The van der Waals surface area contributed by atoms with Crippen LogP contribution in [0.1, 0.15) is 35.0 Å². The van der Waals surface area contributed by atoms with E-state index in [1.807, 2.05) is 54.6 Å². The maximum Gasteiger partial charge on any atom is 0.272 e. The smallest absolute Gasteiger partial charge is 0.272 e. The molecule has 2 aromatic carbocycles. The third-order valence-corrected chi connectivity index (χ3v) is 4.03. The molecule has 0 aliphatic heterocycles. The number of aromatic nitrogens is 1. The lowest BCUT2D eigenvalue weighted by atomic mass is 10.1. The van der Waals surface area contributed by atoms with E-state index < -0.39 is 0 Å². The number of hydrazone groups is 1. The van der Waals surface area contributed by atoms with Gasteiger partial charge in [-0.05, 0) is 30.7 Å². The topological polar surface area (TPSA) is 63.6 Å². The number of ether oxygens (including phenoxy) is 1. The minimum atomic E-state index is -0.257. The molecule has 0 aliphatic carbocycles. The fraction of sp³-hybridized carbons (Fsp3) is 0.190. The molecule has 1 N–H and O–H groups in total. The van der Waals surface area contributed by atoms with Gasteiger partial charge in [-0.15, -0.1) is 0 Å². The van der Waals surface area contributed by atoms with E-state index >= 15 is 0 Å². The van der Waals surface area contributed by atoms with Crippen LogP contribution in [0.25, 0.3) is 10.9 Å². The highest BCUT2D eigenvalue weighted by Gasteiger charge is 2.12. The molecule has 0 radical (unpaired) electrons. The number of pyridine rings is 1. The molecule has 0 atom stereocenters. The first-order valence-electron chi connectivity index (χ1n) is 8.58. The first kappa shape index (κ1) is 17.6. The lowest BCUT2D eigenvalue weighted by molar-refractivity contribution is 0.0956. The summed E-state index contributed by atoms with van der Waals surface area (Å²) in [5.74, 6) is 0.442. The van der Waals surface area contributed by atoms with Crippen molar-refractivity contribution in [3.8, 4) is 5.75 Å². The van der Waals surface area contributed by atoms with Gasteiger partial charge in [-0.2, -0.15) is 5.10 Å². The highest BCUT2D eigenvalue weighted by atomic mass is 16.5. The molecule has 26 heavy (non-hydrogen) atoms. The molecule has 1 aromatic heterocycles. The Morgan fingerprint density at radius 1 is 1.19 bits per heavy atom. The van der Waals surface area contributed by atoms with Gasteiger partial charge in [0.1, 0.15) is 5.75 Å². The summed E-state index contributed by atoms with van der Waals surface area (Å²) in [5, 5.41) is 4.90. The fourth-order valence-electron chi connectivity index (χ4n) is 2.80. The van der Waals surface area contributed by atoms with Crippen LogP contribution >= 0.6 is 0 Å². The minimum absolute atomic E-state index is 0.257. The third-order valence-electron chi connectivity index (χ3n) is 4.03. The molecule has 0 fully saturated rings. The Bertz CT molecular complexity index is 951. The van der Waals surface area contributed by atoms with Crippen LogP contribution in [-0.2, 0) is 6.42 Å². The monoisotopic (exact) mass is 347 g/mol. The van der Waals surface area contributed by atoms with Crippen LogP contribution in [0.3, 0.4) is 0 Å². The Morgan fingerprint density at radius 2 is 1.96 bits per heavy atom. The summed E-state index contributed by atoms with van der Waals surface area (Å²) in [4.78, 5) is 17.3. The summed E-state index contributed by atoms with van der Waals surface area (Å²) in [6.07, 6.45) is 3.38.